The molecule has 2 rings (SSSR count). The Morgan fingerprint density at radius 2 is 2.05 bits per heavy atom. The summed E-state index contributed by atoms with van der Waals surface area (Å²) in [7, 11) is 0. The van der Waals surface area contributed by atoms with Gasteiger partial charge in [0.25, 0.3) is 0 Å². The lowest BCUT2D eigenvalue weighted by Gasteiger charge is -2.15. The van der Waals surface area contributed by atoms with E-state index >= 15 is 0 Å². The summed E-state index contributed by atoms with van der Waals surface area (Å²) in [6, 6.07) is 10.1. The second-order valence-electron chi connectivity index (χ2n) is 4.20. The van der Waals surface area contributed by atoms with E-state index in [1.807, 2.05) is 30.3 Å². The van der Waals surface area contributed by atoms with E-state index in [2.05, 4.69) is 5.32 Å². The second kappa shape index (κ2) is 6.55. The molecule has 0 amide bonds. The SMILES string of the molecule is [2H]C([2H])([2H])C([2H])(NCC(O)COc1cccc2ccccc12)C([2H])([2H])[2H]. The van der Waals surface area contributed by atoms with Crippen LogP contribution in [0.2, 0.25) is 0 Å². The third-order valence-corrected chi connectivity index (χ3v) is 2.70. The molecule has 19 heavy (non-hydrogen) atoms. The maximum absolute atomic E-state index is 10.0. The molecule has 0 radical (unpaired) electrons. The van der Waals surface area contributed by atoms with Crippen LogP contribution in [-0.4, -0.2) is 30.4 Å². The van der Waals surface area contributed by atoms with Gasteiger partial charge in [-0.3, -0.25) is 0 Å². The predicted molar refractivity (Wildman–Crippen MR) is 78.6 cm³/mol. The van der Waals surface area contributed by atoms with Crippen LogP contribution >= 0.6 is 0 Å². The monoisotopic (exact) mass is 266 g/mol. The van der Waals surface area contributed by atoms with Gasteiger partial charge in [0.15, 0.2) is 0 Å². The summed E-state index contributed by atoms with van der Waals surface area (Å²) in [5.74, 6) is 0.547. The van der Waals surface area contributed by atoms with E-state index in [1.165, 1.54) is 0 Å². The van der Waals surface area contributed by atoms with Gasteiger partial charge in [-0.25, -0.2) is 0 Å². The Labute approximate surface area is 124 Å². The van der Waals surface area contributed by atoms with Crippen LogP contribution in [0.15, 0.2) is 42.5 Å². The summed E-state index contributed by atoms with van der Waals surface area (Å²) < 4.78 is 57.4. The van der Waals surface area contributed by atoms with Crippen LogP contribution in [0.25, 0.3) is 10.8 Å². The van der Waals surface area contributed by atoms with Gasteiger partial charge in [-0.15, -0.1) is 0 Å². The zero-order valence-electron chi connectivity index (χ0n) is 17.4. The molecule has 3 nitrogen and oxygen atoms in total. The first-order valence-corrected chi connectivity index (χ1v) is 5.99. The summed E-state index contributed by atoms with van der Waals surface area (Å²) in [5.41, 5.74) is 0. The van der Waals surface area contributed by atoms with Crippen LogP contribution in [0.3, 0.4) is 0 Å². The van der Waals surface area contributed by atoms with E-state index < -0.39 is 32.4 Å². The highest BCUT2D eigenvalue weighted by atomic mass is 16.5. The fourth-order valence-electron chi connectivity index (χ4n) is 1.79. The molecule has 1 unspecified atom stereocenters. The summed E-state index contributed by atoms with van der Waals surface area (Å²) >= 11 is 0. The van der Waals surface area contributed by atoms with Crippen LogP contribution in [0.4, 0.5) is 0 Å². The van der Waals surface area contributed by atoms with Crippen LogP contribution in [0.5, 0.6) is 5.75 Å². The zero-order chi connectivity index (χ0) is 19.6. The highest BCUT2D eigenvalue weighted by molar-refractivity contribution is 5.88. The normalized spacial score (nSPS) is 20.2. The Bertz CT molecular complexity index is 726. The van der Waals surface area contributed by atoms with Crippen molar-refractivity contribution >= 4 is 10.8 Å². The Hall–Kier alpha value is -1.58. The Morgan fingerprint density at radius 1 is 1.26 bits per heavy atom. The van der Waals surface area contributed by atoms with Crippen molar-refractivity contribution < 1.29 is 19.4 Å². The molecule has 0 aliphatic carbocycles. The van der Waals surface area contributed by atoms with E-state index in [9.17, 15) is 5.11 Å². The highest BCUT2D eigenvalue weighted by Gasteiger charge is 2.07. The lowest BCUT2D eigenvalue weighted by atomic mass is 10.1. The number of ether oxygens (including phenoxy) is 1. The van der Waals surface area contributed by atoms with Crippen molar-refractivity contribution in [2.75, 3.05) is 13.2 Å². The second-order valence-corrected chi connectivity index (χ2v) is 4.20. The van der Waals surface area contributed by atoms with Crippen molar-refractivity contribution in [1.82, 2.24) is 5.32 Å². The van der Waals surface area contributed by atoms with Crippen molar-refractivity contribution in [3.63, 3.8) is 0 Å². The molecule has 2 aromatic carbocycles. The highest BCUT2D eigenvalue weighted by Crippen LogP contribution is 2.25. The number of aliphatic hydroxyl groups is 1. The van der Waals surface area contributed by atoms with Gasteiger partial charge in [0.2, 0.25) is 0 Å². The number of nitrogens with one attached hydrogen (secondary N) is 1. The van der Waals surface area contributed by atoms with Crippen molar-refractivity contribution in [3.05, 3.63) is 42.5 Å². The zero-order valence-corrected chi connectivity index (χ0v) is 10.4. The third kappa shape index (κ3) is 3.94. The largest absolute Gasteiger partial charge is 0.490 e. The number of aliphatic hydroxyl groups excluding tert-OH is 1. The smallest absolute Gasteiger partial charge is 0.127 e. The number of fused-ring (bicyclic) bond motifs is 1. The van der Waals surface area contributed by atoms with E-state index in [0.717, 1.165) is 10.8 Å². The lowest BCUT2D eigenvalue weighted by Crippen LogP contribution is -2.35. The van der Waals surface area contributed by atoms with E-state index in [-0.39, 0.29) is 6.61 Å². The molecule has 0 aliphatic rings. The van der Waals surface area contributed by atoms with Crippen LogP contribution in [0, 0.1) is 0 Å². The molecular formula is C16H21NO2. The maximum Gasteiger partial charge on any atom is 0.127 e. The molecule has 0 aliphatic heterocycles. The first kappa shape index (κ1) is 7.27. The molecule has 0 spiro atoms. The molecule has 1 atom stereocenters. The summed E-state index contributed by atoms with van der Waals surface area (Å²) in [5, 5.41) is 14.0. The third-order valence-electron chi connectivity index (χ3n) is 2.70. The fraction of sp³-hybridized carbons (Fsp3) is 0.375. The number of benzene rings is 2. The molecule has 2 aromatic rings. The summed E-state index contributed by atoms with van der Waals surface area (Å²) in [4.78, 5) is 0. The van der Waals surface area contributed by atoms with Crippen LogP contribution in [-0.2, 0) is 0 Å². The van der Waals surface area contributed by atoms with Gasteiger partial charge < -0.3 is 15.2 Å². The van der Waals surface area contributed by atoms with Crippen LogP contribution < -0.4 is 10.1 Å². The van der Waals surface area contributed by atoms with Gasteiger partial charge in [0.1, 0.15) is 18.5 Å². The molecule has 102 valence electrons. The molecule has 0 aromatic heterocycles. The fourth-order valence-corrected chi connectivity index (χ4v) is 1.79. The van der Waals surface area contributed by atoms with Crippen molar-refractivity contribution in [1.29, 1.82) is 0 Å². The minimum atomic E-state index is -3.09. The topological polar surface area (TPSA) is 41.5 Å². The average Bonchev–Trinajstić information content (AvgIpc) is 2.55. The maximum atomic E-state index is 10.0. The number of hydrogen-bond acceptors (Lipinski definition) is 3. The average molecular weight is 266 g/mol. The molecule has 2 N–H and O–H groups in total. The molecule has 0 saturated carbocycles. The van der Waals surface area contributed by atoms with Gasteiger partial charge in [0, 0.05) is 27.5 Å². The minimum absolute atomic E-state index is 0.181. The quantitative estimate of drug-likeness (QED) is 0.844. The minimum Gasteiger partial charge on any atom is -0.490 e. The Kier molecular flexibility index (Phi) is 2.50. The first-order valence-electron chi connectivity index (χ1n) is 9.49. The number of hydrogen-bond donors (Lipinski definition) is 2. The molecular weight excluding hydrogens is 238 g/mol. The van der Waals surface area contributed by atoms with Gasteiger partial charge in [-0.05, 0) is 11.5 Å². The Balaban J connectivity index is 2.01. The van der Waals surface area contributed by atoms with E-state index in [4.69, 9.17) is 14.3 Å². The summed E-state index contributed by atoms with van der Waals surface area (Å²) in [6.07, 6.45) is -1.19. The number of rotatable bonds is 6. The van der Waals surface area contributed by atoms with Crippen molar-refractivity contribution in [2.45, 2.75) is 25.8 Å². The molecule has 0 heterocycles. The molecule has 3 heteroatoms. The molecule has 0 saturated heterocycles. The van der Waals surface area contributed by atoms with Gasteiger partial charge in [-0.2, -0.15) is 0 Å². The van der Waals surface area contributed by atoms with Gasteiger partial charge >= 0.3 is 0 Å². The standard InChI is InChI=1S/C16H21NO2/c1-12(2)17-10-14(18)11-19-16-9-5-7-13-6-3-4-8-15(13)16/h3-9,12,14,17-18H,10-11H2,1-2H3/i1D3,2D3,12D. The van der Waals surface area contributed by atoms with E-state index in [1.54, 1.807) is 12.1 Å². The molecule has 0 bridgehead atoms. The van der Waals surface area contributed by atoms with Gasteiger partial charge in [-0.1, -0.05) is 50.1 Å². The molecule has 0 fully saturated rings. The van der Waals surface area contributed by atoms with Gasteiger partial charge in [0.05, 0.1) is 0 Å². The van der Waals surface area contributed by atoms with Crippen molar-refractivity contribution in [2.24, 2.45) is 0 Å². The first-order chi connectivity index (χ1) is 12.0. The Morgan fingerprint density at radius 3 is 2.89 bits per heavy atom. The lowest BCUT2D eigenvalue weighted by molar-refractivity contribution is 0.105. The van der Waals surface area contributed by atoms with Crippen molar-refractivity contribution in [3.8, 4) is 5.75 Å². The summed E-state index contributed by atoms with van der Waals surface area (Å²) in [6.45, 7) is -6.77. The predicted octanol–water partition coefficient (Wildman–Crippen LogP) is 2.58. The van der Waals surface area contributed by atoms with Crippen LogP contribution in [0.1, 0.15) is 23.3 Å². The van der Waals surface area contributed by atoms with E-state index in [0.29, 0.717) is 5.75 Å².